The molecule has 0 saturated carbocycles. The summed E-state index contributed by atoms with van der Waals surface area (Å²) in [4.78, 5) is 83.9. The number of carbonyl (C=O) groups excluding carboxylic acids is 4. The van der Waals surface area contributed by atoms with E-state index in [-0.39, 0.29) is 0 Å². The molecule has 0 bridgehead atoms. The fraction of sp³-hybridized carbons (Fsp3) is 0.571. The summed E-state index contributed by atoms with van der Waals surface area (Å²) in [6, 6.07) is 0. The van der Waals surface area contributed by atoms with Crippen molar-refractivity contribution in [1.29, 1.82) is 0 Å². The number of phosphoric ester groups is 4. The third kappa shape index (κ3) is 16.9. The largest absolute Gasteiger partial charge is 0.870 e. The molecular weight excluding hydrogens is 1040 g/mol. The molecule has 68 heavy (non-hydrogen) atoms. The van der Waals surface area contributed by atoms with Crippen molar-refractivity contribution in [2.24, 2.45) is 0 Å². The zero-order valence-corrected chi connectivity index (χ0v) is 38.0. The molecule has 4 aliphatic rings. The zero-order chi connectivity index (χ0) is 52.9. The lowest BCUT2D eigenvalue weighted by atomic mass is 10.2. The molecule has 0 aromatic carbocycles. The number of phosphoric acid groups is 4. The average Bonchev–Trinajstić information content (AvgIpc) is 3.94. The van der Waals surface area contributed by atoms with E-state index < -0.39 is 177 Å². The van der Waals surface area contributed by atoms with Crippen molar-refractivity contribution in [2.45, 2.75) is 48.8 Å². The molecule has 0 saturated heterocycles. The summed E-state index contributed by atoms with van der Waals surface area (Å²) >= 11 is 0. The predicted octanol–water partition coefficient (Wildman–Crippen LogP) is -8.47. The molecule has 40 heteroatoms. The first-order valence-electron chi connectivity index (χ1n) is 17.3. The second-order valence-corrected chi connectivity index (χ2v) is 17.9. The van der Waals surface area contributed by atoms with Crippen LogP contribution in [0.4, 0.5) is 0 Å². The SMILES string of the molecule is COP(=O)(O)OC1=C(O)C(=O)OC1C(O)CO.COP(=O)(O)OC1=C(O)C(C(O)CO)OC1=O.COP(=O)([O-])OC1=C([O-])C(=O)OC1C(O)CO.COP(=O)([O-])OC1=C([O-])C(C(O)CO)OC1=O. The lowest BCUT2D eigenvalue weighted by molar-refractivity contribution is -0.324. The number of carbonyl (C=O) groups is 4. The third-order valence-electron chi connectivity index (χ3n) is 7.53. The molecule has 4 aliphatic heterocycles. The van der Waals surface area contributed by atoms with Crippen LogP contribution >= 0.6 is 31.3 Å². The zero-order valence-electron chi connectivity index (χ0n) is 34.4. The molecule has 0 aromatic heterocycles. The molecule has 12 N–H and O–H groups in total. The van der Waals surface area contributed by atoms with Crippen LogP contribution in [0.5, 0.6) is 0 Å². The topological polar surface area (TPSA) is 582 Å². The Morgan fingerprint density at radius 3 is 1.34 bits per heavy atom. The van der Waals surface area contributed by atoms with E-state index in [0.717, 1.165) is 28.4 Å². The number of aliphatic hydroxyl groups excluding tert-OH is 10. The Bertz CT molecular complexity index is 2000. The van der Waals surface area contributed by atoms with Crippen LogP contribution in [0.15, 0.2) is 46.1 Å². The average molecular weight is 1080 g/mol. The molecule has 0 amide bonds. The van der Waals surface area contributed by atoms with Crippen molar-refractivity contribution in [3.63, 3.8) is 0 Å². The van der Waals surface area contributed by atoms with E-state index in [4.69, 9.17) is 35.3 Å². The maximum absolute atomic E-state index is 11.4. The molecular formula is C28H40O36P4-4. The van der Waals surface area contributed by atoms with E-state index in [1.165, 1.54) is 0 Å². The van der Waals surface area contributed by atoms with Crippen LogP contribution < -0.4 is 20.0 Å². The van der Waals surface area contributed by atoms with Crippen LogP contribution in [0.2, 0.25) is 0 Å². The summed E-state index contributed by atoms with van der Waals surface area (Å²) < 4.78 is 94.4. The summed E-state index contributed by atoms with van der Waals surface area (Å²) in [6.45, 7) is -3.28. The molecule has 4 rings (SSSR count). The Kier molecular flexibility index (Phi) is 23.5. The normalized spacial score (nSPS) is 25.4. The fourth-order valence-electron chi connectivity index (χ4n) is 4.20. The van der Waals surface area contributed by atoms with Gasteiger partial charge in [-0.05, 0) is 5.76 Å². The van der Waals surface area contributed by atoms with E-state index in [0.29, 0.717) is 0 Å². The van der Waals surface area contributed by atoms with Gasteiger partial charge in [0.1, 0.15) is 36.3 Å². The molecule has 0 aliphatic carbocycles. The highest BCUT2D eigenvalue weighted by Crippen LogP contribution is 2.48. The molecule has 0 aromatic rings. The van der Waals surface area contributed by atoms with Crippen LogP contribution in [-0.4, -0.2) is 188 Å². The van der Waals surface area contributed by atoms with Gasteiger partial charge in [0.25, 0.3) is 5.76 Å². The van der Waals surface area contributed by atoms with Crippen molar-refractivity contribution < 1.29 is 173 Å². The number of hydrogen-bond donors (Lipinski definition) is 12. The van der Waals surface area contributed by atoms with Crippen molar-refractivity contribution >= 4 is 55.2 Å². The second-order valence-electron chi connectivity index (χ2n) is 12.0. The number of hydrogen-bond acceptors (Lipinski definition) is 34. The van der Waals surface area contributed by atoms with Crippen LogP contribution in [0, 0.1) is 0 Å². The van der Waals surface area contributed by atoms with Gasteiger partial charge in [0.15, 0.2) is 24.1 Å². The quantitative estimate of drug-likeness (QED) is 0.0306. The molecule has 0 radical (unpaired) electrons. The number of esters is 4. The second kappa shape index (κ2) is 25.9. The van der Waals surface area contributed by atoms with E-state index in [1.54, 1.807) is 0 Å². The van der Waals surface area contributed by atoms with Gasteiger partial charge in [-0.2, -0.15) is 0 Å². The molecule has 36 nitrogen and oxygen atoms in total. The Labute approximate surface area is 378 Å². The maximum Gasteiger partial charge on any atom is 0.527 e. The first-order valence-corrected chi connectivity index (χ1v) is 23.2. The standard InChI is InChI=1S/4C7H11O9P/c2*1-14-17(12,13)16-6-4(10)7(11)15-5(6)3(9)2-8;2*1-14-17(12,13)16-6-4(10)5(3(9)2-8)15-7(6)11/h4*3,5,8-10H,2H2,1H3,(H,12,13)/p-4. The van der Waals surface area contributed by atoms with Crippen molar-refractivity contribution in [1.82, 2.24) is 0 Å². The summed E-state index contributed by atoms with van der Waals surface area (Å²) in [6.07, 6.45) is -13.0. The Hall–Kier alpha value is -4.48. The van der Waals surface area contributed by atoms with E-state index in [2.05, 4.69) is 55.1 Å². The highest BCUT2D eigenvalue weighted by molar-refractivity contribution is 7.48. The summed E-state index contributed by atoms with van der Waals surface area (Å²) in [7, 11) is -15.4. The molecule has 4 heterocycles. The number of aliphatic hydroxyl groups is 10. The van der Waals surface area contributed by atoms with Crippen molar-refractivity contribution in [3.05, 3.63) is 46.1 Å². The Balaban J connectivity index is 0.000000453. The first kappa shape index (κ1) is 61.5. The van der Waals surface area contributed by atoms with Crippen LogP contribution in [0.25, 0.3) is 0 Å². The van der Waals surface area contributed by atoms with Crippen LogP contribution in [0.1, 0.15) is 0 Å². The van der Waals surface area contributed by atoms with E-state index in [9.17, 15) is 83.0 Å². The smallest absolute Gasteiger partial charge is 0.527 e. The van der Waals surface area contributed by atoms with Gasteiger partial charge in [0.05, 0.1) is 26.4 Å². The number of cyclic esters (lactones) is 4. The summed E-state index contributed by atoms with van der Waals surface area (Å²) in [5, 5.41) is 113. The highest BCUT2D eigenvalue weighted by Gasteiger charge is 2.45. The summed E-state index contributed by atoms with van der Waals surface area (Å²) in [5.74, 6) is -13.4. The Morgan fingerprint density at radius 1 is 0.515 bits per heavy atom. The van der Waals surface area contributed by atoms with Gasteiger partial charge >= 0.3 is 55.2 Å². The van der Waals surface area contributed by atoms with Gasteiger partial charge in [-0.15, -0.1) is 0 Å². The predicted molar refractivity (Wildman–Crippen MR) is 192 cm³/mol. The minimum atomic E-state index is -4.82. The number of ether oxygens (including phenoxy) is 4. The Morgan fingerprint density at radius 2 is 0.882 bits per heavy atom. The van der Waals surface area contributed by atoms with Crippen LogP contribution in [-0.2, 0) is 92.6 Å². The number of rotatable bonds is 20. The van der Waals surface area contributed by atoms with Gasteiger partial charge < -0.3 is 117 Å². The van der Waals surface area contributed by atoms with Crippen molar-refractivity contribution in [3.8, 4) is 0 Å². The van der Waals surface area contributed by atoms with E-state index in [1.807, 2.05) is 0 Å². The van der Waals surface area contributed by atoms with Crippen LogP contribution in [0.3, 0.4) is 0 Å². The molecule has 0 fully saturated rings. The monoisotopic (exact) mass is 1080 g/mol. The van der Waals surface area contributed by atoms with E-state index >= 15 is 0 Å². The highest BCUT2D eigenvalue weighted by atomic mass is 31.2. The maximum atomic E-state index is 11.4. The fourth-order valence-corrected chi connectivity index (χ4v) is 6.15. The van der Waals surface area contributed by atoms with Crippen molar-refractivity contribution in [2.75, 3.05) is 54.9 Å². The van der Waals surface area contributed by atoms with Gasteiger partial charge in [-0.3, -0.25) is 28.0 Å². The minimum Gasteiger partial charge on any atom is -0.870 e. The molecule has 12 atom stereocenters. The minimum absolute atomic E-state index is 0.760. The van der Waals surface area contributed by atoms with Gasteiger partial charge in [-0.25, -0.2) is 28.3 Å². The molecule has 12 unspecified atom stereocenters. The molecule has 392 valence electrons. The summed E-state index contributed by atoms with van der Waals surface area (Å²) in [5.41, 5.74) is 0. The van der Waals surface area contributed by atoms with Gasteiger partial charge in [0, 0.05) is 34.2 Å². The lowest BCUT2D eigenvalue weighted by Crippen LogP contribution is -2.35. The molecule has 0 spiro atoms. The first-order chi connectivity index (χ1) is 31.3. The third-order valence-corrected chi connectivity index (χ3v) is 11.0. The lowest BCUT2D eigenvalue weighted by Gasteiger charge is -2.26. The van der Waals surface area contributed by atoms with Gasteiger partial charge in [-0.1, -0.05) is 0 Å². The van der Waals surface area contributed by atoms with Gasteiger partial charge in [0.2, 0.25) is 17.3 Å².